The standard InChI is InChI=1S/C17H16O4/c1-2-20-17(19)8-5-11-21-16-10-9-13-6-3-4-7-14(13)15(16)12-18/h3-10,12H,2,11H2,1H3/b8-5+. The normalized spacial score (nSPS) is 10.7. The summed E-state index contributed by atoms with van der Waals surface area (Å²) in [5, 5.41) is 1.83. The number of esters is 1. The maximum absolute atomic E-state index is 11.3. The van der Waals surface area contributed by atoms with Crippen molar-refractivity contribution in [1.29, 1.82) is 0 Å². The second kappa shape index (κ2) is 7.24. The molecule has 0 unspecified atom stereocenters. The Morgan fingerprint density at radius 2 is 2.00 bits per heavy atom. The molecule has 0 radical (unpaired) electrons. The molecule has 0 bridgehead atoms. The van der Waals surface area contributed by atoms with Crippen LogP contribution in [0.5, 0.6) is 5.75 Å². The van der Waals surface area contributed by atoms with E-state index in [1.165, 1.54) is 6.08 Å². The molecule has 0 saturated carbocycles. The third kappa shape index (κ3) is 3.69. The van der Waals surface area contributed by atoms with Crippen molar-refractivity contribution < 1.29 is 19.1 Å². The van der Waals surface area contributed by atoms with E-state index in [-0.39, 0.29) is 6.61 Å². The topological polar surface area (TPSA) is 52.6 Å². The summed E-state index contributed by atoms with van der Waals surface area (Å²) in [5.74, 6) is 0.0902. The van der Waals surface area contributed by atoms with Crippen molar-refractivity contribution in [2.75, 3.05) is 13.2 Å². The van der Waals surface area contributed by atoms with Crippen LogP contribution in [-0.4, -0.2) is 25.5 Å². The number of hydrogen-bond donors (Lipinski definition) is 0. The molecule has 0 spiro atoms. The van der Waals surface area contributed by atoms with Gasteiger partial charge in [-0.1, -0.05) is 30.3 Å². The molecule has 0 heterocycles. The Morgan fingerprint density at radius 1 is 1.19 bits per heavy atom. The molecule has 0 aromatic heterocycles. The summed E-state index contributed by atoms with van der Waals surface area (Å²) in [6.45, 7) is 2.27. The van der Waals surface area contributed by atoms with Crippen molar-refractivity contribution in [3.8, 4) is 5.75 Å². The minimum absolute atomic E-state index is 0.192. The first kappa shape index (κ1) is 14.8. The van der Waals surface area contributed by atoms with Crippen LogP contribution in [-0.2, 0) is 9.53 Å². The fourth-order valence-corrected chi connectivity index (χ4v) is 2.00. The van der Waals surface area contributed by atoms with Gasteiger partial charge < -0.3 is 9.47 Å². The van der Waals surface area contributed by atoms with Gasteiger partial charge in [-0.15, -0.1) is 0 Å². The summed E-state index contributed by atoms with van der Waals surface area (Å²) < 4.78 is 10.3. The van der Waals surface area contributed by atoms with Gasteiger partial charge in [-0.25, -0.2) is 4.79 Å². The summed E-state index contributed by atoms with van der Waals surface area (Å²) in [6, 6.07) is 11.3. The Balaban J connectivity index is 2.12. The molecule has 4 heteroatoms. The second-order valence-corrected chi connectivity index (χ2v) is 4.28. The monoisotopic (exact) mass is 284 g/mol. The molecule has 0 aliphatic rings. The van der Waals surface area contributed by atoms with Crippen molar-refractivity contribution in [3.63, 3.8) is 0 Å². The maximum atomic E-state index is 11.3. The van der Waals surface area contributed by atoms with Crippen molar-refractivity contribution >= 4 is 23.0 Å². The molecule has 0 saturated heterocycles. The highest BCUT2D eigenvalue weighted by Gasteiger charge is 2.07. The van der Waals surface area contributed by atoms with Crippen molar-refractivity contribution in [2.45, 2.75) is 6.92 Å². The summed E-state index contributed by atoms with van der Waals surface area (Å²) in [7, 11) is 0. The Bertz CT molecular complexity index is 674. The van der Waals surface area contributed by atoms with E-state index in [0.29, 0.717) is 17.9 Å². The van der Waals surface area contributed by atoms with E-state index in [9.17, 15) is 9.59 Å². The van der Waals surface area contributed by atoms with Gasteiger partial charge in [0.1, 0.15) is 12.4 Å². The SMILES string of the molecule is CCOC(=O)/C=C/COc1ccc2ccccc2c1C=O. The molecule has 0 atom stereocenters. The summed E-state index contributed by atoms with van der Waals surface area (Å²) in [6.07, 6.45) is 3.65. The fraction of sp³-hybridized carbons (Fsp3) is 0.176. The zero-order valence-electron chi connectivity index (χ0n) is 11.7. The third-order valence-corrected chi connectivity index (χ3v) is 2.92. The Morgan fingerprint density at radius 3 is 2.76 bits per heavy atom. The second-order valence-electron chi connectivity index (χ2n) is 4.28. The van der Waals surface area contributed by atoms with Crippen molar-refractivity contribution in [2.24, 2.45) is 0 Å². The van der Waals surface area contributed by atoms with Crippen LogP contribution in [0.4, 0.5) is 0 Å². The quantitative estimate of drug-likeness (QED) is 0.464. The minimum atomic E-state index is -0.407. The molecule has 108 valence electrons. The highest BCUT2D eigenvalue weighted by atomic mass is 16.5. The highest BCUT2D eigenvalue weighted by Crippen LogP contribution is 2.26. The molecule has 0 N–H and O–H groups in total. The fourth-order valence-electron chi connectivity index (χ4n) is 2.00. The number of carbonyl (C=O) groups is 2. The average molecular weight is 284 g/mol. The molecule has 0 aliphatic heterocycles. The third-order valence-electron chi connectivity index (χ3n) is 2.92. The molecular weight excluding hydrogens is 268 g/mol. The largest absolute Gasteiger partial charge is 0.489 e. The van der Waals surface area contributed by atoms with Gasteiger partial charge >= 0.3 is 5.97 Å². The van der Waals surface area contributed by atoms with Gasteiger partial charge in [-0.2, -0.15) is 0 Å². The highest BCUT2D eigenvalue weighted by molar-refractivity contribution is 6.00. The van der Waals surface area contributed by atoms with E-state index < -0.39 is 5.97 Å². The lowest BCUT2D eigenvalue weighted by molar-refractivity contribution is -0.137. The van der Waals surface area contributed by atoms with E-state index >= 15 is 0 Å². The van der Waals surface area contributed by atoms with Crippen LogP contribution in [0.1, 0.15) is 17.3 Å². The molecular formula is C17H16O4. The molecule has 4 nitrogen and oxygen atoms in total. The van der Waals surface area contributed by atoms with Crippen molar-refractivity contribution in [3.05, 3.63) is 54.1 Å². The predicted molar refractivity (Wildman–Crippen MR) is 80.6 cm³/mol. The van der Waals surface area contributed by atoms with Gasteiger partial charge in [-0.05, 0) is 29.8 Å². The zero-order valence-corrected chi connectivity index (χ0v) is 11.7. The lowest BCUT2D eigenvalue weighted by Gasteiger charge is -2.09. The number of ether oxygens (including phenoxy) is 2. The Kier molecular flexibility index (Phi) is 5.10. The number of benzene rings is 2. The van der Waals surface area contributed by atoms with E-state index in [2.05, 4.69) is 0 Å². The molecule has 2 aromatic rings. The van der Waals surface area contributed by atoms with Crippen LogP contribution in [0, 0.1) is 0 Å². The average Bonchev–Trinajstić information content (AvgIpc) is 2.51. The number of fused-ring (bicyclic) bond motifs is 1. The van der Waals surface area contributed by atoms with E-state index in [0.717, 1.165) is 17.1 Å². The molecule has 2 aromatic carbocycles. The molecule has 2 rings (SSSR count). The van der Waals surface area contributed by atoms with Gasteiger partial charge in [-0.3, -0.25) is 4.79 Å². The van der Waals surface area contributed by atoms with Crippen LogP contribution in [0.2, 0.25) is 0 Å². The van der Waals surface area contributed by atoms with E-state index in [1.807, 2.05) is 30.3 Å². The summed E-state index contributed by atoms with van der Waals surface area (Å²) in [4.78, 5) is 22.4. The van der Waals surface area contributed by atoms with Gasteiger partial charge in [0.15, 0.2) is 6.29 Å². The maximum Gasteiger partial charge on any atom is 0.330 e. The Labute approximate surface area is 123 Å². The van der Waals surface area contributed by atoms with Gasteiger partial charge in [0, 0.05) is 6.08 Å². The van der Waals surface area contributed by atoms with Gasteiger partial charge in [0.05, 0.1) is 12.2 Å². The van der Waals surface area contributed by atoms with Gasteiger partial charge in [0.25, 0.3) is 0 Å². The number of rotatable bonds is 6. The molecule has 21 heavy (non-hydrogen) atoms. The Hall–Kier alpha value is -2.62. The van der Waals surface area contributed by atoms with Crippen LogP contribution >= 0.6 is 0 Å². The van der Waals surface area contributed by atoms with Crippen LogP contribution in [0.3, 0.4) is 0 Å². The smallest absolute Gasteiger partial charge is 0.330 e. The number of hydrogen-bond acceptors (Lipinski definition) is 4. The first-order chi connectivity index (χ1) is 10.3. The lowest BCUT2D eigenvalue weighted by Crippen LogP contribution is -2.02. The predicted octanol–water partition coefficient (Wildman–Crippen LogP) is 3.15. The van der Waals surface area contributed by atoms with Gasteiger partial charge in [0.2, 0.25) is 0 Å². The first-order valence-electron chi connectivity index (χ1n) is 6.69. The summed E-state index contributed by atoms with van der Waals surface area (Å²) >= 11 is 0. The van der Waals surface area contributed by atoms with Crippen LogP contribution < -0.4 is 4.74 Å². The molecule has 0 aliphatic carbocycles. The number of carbonyl (C=O) groups excluding carboxylic acids is 2. The van der Waals surface area contributed by atoms with E-state index in [1.54, 1.807) is 19.1 Å². The molecule has 0 fully saturated rings. The van der Waals surface area contributed by atoms with Crippen LogP contribution in [0.25, 0.3) is 10.8 Å². The minimum Gasteiger partial charge on any atom is -0.489 e. The van der Waals surface area contributed by atoms with Crippen LogP contribution in [0.15, 0.2) is 48.6 Å². The van der Waals surface area contributed by atoms with Crippen molar-refractivity contribution in [1.82, 2.24) is 0 Å². The summed E-state index contributed by atoms with van der Waals surface area (Å²) in [5.41, 5.74) is 0.512. The molecule has 0 amide bonds. The van der Waals surface area contributed by atoms with E-state index in [4.69, 9.17) is 9.47 Å². The zero-order chi connectivity index (χ0) is 15.1. The lowest BCUT2D eigenvalue weighted by atomic mass is 10.0. The number of aldehydes is 1. The first-order valence-corrected chi connectivity index (χ1v) is 6.69.